The van der Waals surface area contributed by atoms with E-state index in [0.29, 0.717) is 19.6 Å². The molecule has 162 valence electrons. The summed E-state index contributed by atoms with van der Waals surface area (Å²) in [7, 11) is 0. The fourth-order valence-corrected chi connectivity index (χ4v) is 2.76. The largest absolute Gasteiger partial charge is 0.481 e. The van der Waals surface area contributed by atoms with E-state index in [4.69, 9.17) is 5.11 Å². The Morgan fingerprint density at radius 3 is 2.00 bits per heavy atom. The molecule has 28 heavy (non-hydrogen) atoms. The van der Waals surface area contributed by atoms with E-state index < -0.39 is 12.0 Å². The van der Waals surface area contributed by atoms with Crippen LogP contribution in [-0.2, 0) is 14.4 Å². The number of rotatable bonds is 15. The van der Waals surface area contributed by atoms with Gasteiger partial charge in [-0.1, -0.05) is 20.8 Å². The number of nitrogens with one attached hydrogen (secondary N) is 4. The van der Waals surface area contributed by atoms with Gasteiger partial charge in [-0.2, -0.15) is 0 Å². The van der Waals surface area contributed by atoms with Gasteiger partial charge in [-0.25, -0.2) is 0 Å². The summed E-state index contributed by atoms with van der Waals surface area (Å²) in [6.45, 7) is 11.3. The molecule has 0 aromatic rings. The smallest absolute Gasteiger partial charge is 0.303 e. The average Bonchev–Trinajstić information content (AvgIpc) is 3.44. The van der Waals surface area contributed by atoms with Crippen molar-refractivity contribution in [2.45, 2.75) is 71.1 Å². The zero-order chi connectivity index (χ0) is 21.1. The number of carbonyl (C=O) groups is 3. The molecule has 0 aliphatic carbocycles. The van der Waals surface area contributed by atoms with Crippen molar-refractivity contribution in [1.82, 2.24) is 26.2 Å². The first-order valence-electron chi connectivity index (χ1n) is 10.2. The first-order chi connectivity index (χ1) is 13.2. The zero-order valence-electron chi connectivity index (χ0n) is 17.6. The second kappa shape index (κ2) is 12.7. The van der Waals surface area contributed by atoms with Crippen LogP contribution in [0.3, 0.4) is 0 Å². The summed E-state index contributed by atoms with van der Waals surface area (Å²) in [5.41, 5.74) is 0. The highest BCUT2D eigenvalue weighted by Crippen LogP contribution is 2.05. The Morgan fingerprint density at radius 2 is 1.54 bits per heavy atom. The van der Waals surface area contributed by atoms with E-state index in [1.807, 2.05) is 27.7 Å². The molecule has 1 saturated heterocycles. The second-order valence-corrected chi connectivity index (χ2v) is 7.72. The first-order valence-corrected chi connectivity index (χ1v) is 10.2. The number of hydrogen-bond acceptors (Lipinski definition) is 6. The first kappa shape index (κ1) is 24.3. The Bertz CT molecular complexity index is 507. The number of aliphatic carboxylic acids is 1. The fraction of sp³-hybridized carbons (Fsp3) is 0.842. The Labute approximate surface area is 168 Å². The van der Waals surface area contributed by atoms with E-state index in [1.54, 1.807) is 0 Å². The Morgan fingerprint density at radius 1 is 0.964 bits per heavy atom. The molecule has 5 N–H and O–H groups in total. The number of carboxylic acids is 1. The van der Waals surface area contributed by atoms with Crippen LogP contribution < -0.4 is 21.3 Å². The van der Waals surface area contributed by atoms with Crippen LogP contribution in [0.4, 0.5) is 0 Å². The maximum absolute atomic E-state index is 12.4. The molecule has 0 saturated carbocycles. The van der Waals surface area contributed by atoms with Crippen molar-refractivity contribution in [3.8, 4) is 0 Å². The highest BCUT2D eigenvalue weighted by molar-refractivity contribution is 5.83. The molecule has 0 spiro atoms. The Balaban J connectivity index is 2.39. The second-order valence-electron chi connectivity index (χ2n) is 7.72. The van der Waals surface area contributed by atoms with Crippen molar-refractivity contribution < 1.29 is 19.5 Å². The van der Waals surface area contributed by atoms with Crippen LogP contribution >= 0.6 is 0 Å². The summed E-state index contributed by atoms with van der Waals surface area (Å²) in [5.74, 6) is -1.24. The monoisotopic (exact) mass is 399 g/mol. The van der Waals surface area contributed by atoms with E-state index in [0.717, 1.165) is 19.5 Å². The molecule has 1 heterocycles. The highest BCUT2D eigenvalue weighted by atomic mass is 16.4. The summed E-state index contributed by atoms with van der Waals surface area (Å²) in [6.07, 6.45) is 1.000. The quantitative estimate of drug-likeness (QED) is 0.186. The molecular weight excluding hydrogens is 362 g/mol. The molecule has 1 fully saturated rings. The SMILES string of the molecule is CCC(C)N[C@@H](CCC(=O)O)C(=O)NCCNC(=O)[C@H](CN1CC1)NC(C)C. The minimum atomic E-state index is -0.925. The molecule has 9 heteroatoms. The van der Waals surface area contributed by atoms with E-state index >= 15 is 0 Å². The lowest BCUT2D eigenvalue weighted by Gasteiger charge is -2.23. The van der Waals surface area contributed by atoms with Crippen LogP contribution in [0.2, 0.25) is 0 Å². The van der Waals surface area contributed by atoms with Crippen molar-refractivity contribution in [3.63, 3.8) is 0 Å². The van der Waals surface area contributed by atoms with E-state index in [1.165, 1.54) is 0 Å². The van der Waals surface area contributed by atoms with Crippen molar-refractivity contribution in [2.24, 2.45) is 0 Å². The number of carbonyl (C=O) groups excluding carboxylic acids is 2. The number of amides is 2. The standard InChI is InChI=1S/C19H37N5O4/c1-5-14(4)23-15(6-7-17(25)26)18(27)20-8-9-21-19(28)16(22-13(2)3)12-24-10-11-24/h13-16,22-23H,5-12H2,1-4H3,(H,20,27)(H,21,28)(H,25,26)/t14?,15-,16-/m0/s1. The van der Waals surface area contributed by atoms with Gasteiger partial charge in [0, 0.05) is 51.2 Å². The molecule has 1 unspecified atom stereocenters. The lowest BCUT2D eigenvalue weighted by atomic mass is 10.1. The molecule has 2 amide bonds. The van der Waals surface area contributed by atoms with Crippen molar-refractivity contribution >= 4 is 17.8 Å². The number of hydrogen-bond donors (Lipinski definition) is 5. The molecular formula is C19H37N5O4. The van der Waals surface area contributed by atoms with Gasteiger partial charge in [0.1, 0.15) is 0 Å². The molecule has 1 aliphatic heterocycles. The van der Waals surface area contributed by atoms with Gasteiger partial charge in [0.05, 0.1) is 12.1 Å². The van der Waals surface area contributed by atoms with Crippen LogP contribution in [0.15, 0.2) is 0 Å². The van der Waals surface area contributed by atoms with Gasteiger partial charge in [-0.3, -0.25) is 19.3 Å². The van der Waals surface area contributed by atoms with E-state index in [-0.39, 0.29) is 42.8 Å². The molecule has 9 nitrogen and oxygen atoms in total. The third kappa shape index (κ3) is 10.6. The molecule has 0 bridgehead atoms. The van der Waals surface area contributed by atoms with Crippen molar-refractivity contribution in [3.05, 3.63) is 0 Å². The van der Waals surface area contributed by atoms with Gasteiger partial charge < -0.3 is 26.4 Å². The summed E-state index contributed by atoms with van der Waals surface area (Å²) >= 11 is 0. The summed E-state index contributed by atoms with van der Waals surface area (Å²) in [4.78, 5) is 37.8. The van der Waals surface area contributed by atoms with Crippen LogP contribution in [0.5, 0.6) is 0 Å². The molecule has 3 atom stereocenters. The summed E-state index contributed by atoms with van der Waals surface area (Å²) in [5, 5.41) is 20.9. The maximum Gasteiger partial charge on any atom is 0.303 e. The van der Waals surface area contributed by atoms with Gasteiger partial charge in [0.25, 0.3) is 0 Å². The van der Waals surface area contributed by atoms with Gasteiger partial charge in [-0.15, -0.1) is 0 Å². The van der Waals surface area contributed by atoms with Crippen LogP contribution in [0, 0.1) is 0 Å². The summed E-state index contributed by atoms with van der Waals surface area (Å²) in [6, 6.07) is -0.505. The minimum Gasteiger partial charge on any atom is -0.481 e. The number of nitrogens with zero attached hydrogens (tertiary/aromatic N) is 1. The van der Waals surface area contributed by atoms with Gasteiger partial charge >= 0.3 is 5.97 Å². The Hall–Kier alpha value is -1.71. The van der Waals surface area contributed by atoms with E-state index in [2.05, 4.69) is 26.2 Å². The molecule has 0 aromatic heterocycles. The van der Waals surface area contributed by atoms with Crippen LogP contribution in [0.1, 0.15) is 47.0 Å². The molecule has 0 aromatic carbocycles. The molecule has 1 rings (SSSR count). The van der Waals surface area contributed by atoms with Crippen molar-refractivity contribution in [2.75, 3.05) is 32.7 Å². The highest BCUT2D eigenvalue weighted by Gasteiger charge is 2.27. The van der Waals surface area contributed by atoms with Crippen LogP contribution in [0.25, 0.3) is 0 Å². The summed E-state index contributed by atoms with van der Waals surface area (Å²) < 4.78 is 0. The predicted molar refractivity (Wildman–Crippen MR) is 108 cm³/mol. The average molecular weight is 400 g/mol. The topological polar surface area (TPSA) is 123 Å². The van der Waals surface area contributed by atoms with Crippen molar-refractivity contribution in [1.29, 1.82) is 0 Å². The zero-order valence-corrected chi connectivity index (χ0v) is 17.6. The maximum atomic E-state index is 12.4. The third-order valence-electron chi connectivity index (χ3n) is 4.62. The van der Waals surface area contributed by atoms with Gasteiger partial charge in [-0.05, 0) is 19.8 Å². The molecule has 0 radical (unpaired) electrons. The lowest BCUT2D eigenvalue weighted by Crippen LogP contribution is -2.52. The Kier molecular flexibility index (Phi) is 11.0. The predicted octanol–water partition coefficient (Wildman–Crippen LogP) is -0.477. The number of carboxylic acid groups (broad SMARTS) is 1. The van der Waals surface area contributed by atoms with Gasteiger partial charge in [0.2, 0.25) is 11.8 Å². The molecule has 1 aliphatic rings. The fourth-order valence-electron chi connectivity index (χ4n) is 2.76. The minimum absolute atomic E-state index is 0.0721. The lowest BCUT2D eigenvalue weighted by molar-refractivity contribution is -0.137. The van der Waals surface area contributed by atoms with E-state index in [9.17, 15) is 14.4 Å². The van der Waals surface area contributed by atoms with Gasteiger partial charge in [0.15, 0.2) is 0 Å². The third-order valence-corrected chi connectivity index (χ3v) is 4.62. The van der Waals surface area contributed by atoms with Crippen LogP contribution in [-0.4, -0.2) is 84.7 Å². The normalized spacial score (nSPS) is 17.0.